The topological polar surface area (TPSA) is 161 Å². The molecule has 31 rings (SSSR count). The van der Waals surface area contributed by atoms with Crippen LogP contribution in [0.3, 0.4) is 0 Å². The number of para-hydroxylation sites is 3. The Morgan fingerprint density at radius 3 is 1.20 bits per heavy atom. The fraction of sp³-hybridized carbons (Fsp3) is 0. The molecule has 0 fully saturated rings. The van der Waals surface area contributed by atoms with E-state index in [1.165, 1.54) is 90.6 Å². The molecule has 0 amide bonds. The molecule has 0 aliphatic carbocycles. The van der Waals surface area contributed by atoms with Crippen LogP contribution in [0.5, 0.6) is 0 Å². The van der Waals surface area contributed by atoms with Gasteiger partial charge in [-0.05, 0) is 124 Å². The summed E-state index contributed by atoms with van der Waals surface area (Å²) in [5.41, 5.74) is 21.1. The maximum Gasteiger partial charge on any atom is 0.238 e. The van der Waals surface area contributed by atoms with Crippen molar-refractivity contribution in [3.8, 4) is 97.3 Å². The standard InChI is InChI=1S/C43H24N4OS.C43H26N4O.C39H23N5/c1-2-11-26(12-3-1)41-44-42(27-19-20-30-29-14-6-8-16-34(29)48-35(30)24-27)46-43(45-41)47-33-22-23-37-39(31-15-7-9-17-36(31)49-37)38(33)32-21-18-25-10-4-5-13-28(25)40(32)47;1-4-12-27(13-5-1)32-20-21-33-36(25-32)47(43-45-41(28-14-6-2-7-15-28)44-42(46-43)29-16-8-3-9-17-29)35-22-23-37-40(39(33)35)34-24-30-18-10-11-19-31(30)26-38(34)48-37;1-3-12-24(13-4-1)37-40-38(25-14-5-2-6-15-25)42-39(41-37)44-32-21-11-18-28-26-16-7-9-19-30(26)43-31-20-10-8-17-27(31)29-22-23-33(44)35(34(28)32)36(29)43/h1-24H;1-26H;1-23H. The Morgan fingerprint density at radius 2 is 0.574 bits per heavy atom. The molecular weight excluding hydrogens is 1750 g/mol. The van der Waals surface area contributed by atoms with Crippen LogP contribution in [0.1, 0.15) is 0 Å². The quantitative estimate of drug-likeness (QED) is 0.128. The highest BCUT2D eigenvalue weighted by molar-refractivity contribution is 7.26. The zero-order valence-electron chi connectivity index (χ0n) is 75.2. The lowest BCUT2D eigenvalue weighted by molar-refractivity contribution is 0.669. The molecule has 0 N–H and O–H groups in total. The molecule has 16 heteroatoms. The van der Waals surface area contributed by atoms with Crippen molar-refractivity contribution in [3.05, 3.63) is 443 Å². The van der Waals surface area contributed by atoms with Crippen molar-refractivity contribution >= 4 is 200 Å². The summed E-state index contributed by atoms with van der Waals surface area (Å²) in [5, 5.41) is 23.5. The predicted octanol–water partition coefficient (Wildman–Crippen LogP) is 32.2. The molecule has 0 radical (unpaired) electrons. The summed E-state index contributed by atoms with van der Waals surface area (Å²) >= 11 is 1.84. The van der Waals surface area contributed by atoms with E-state index in [9.17, 15) is 0 Å². The van der Waals surface area contributed by atoms with Crippen LogP contribution in [-0.4, -0.2) is 63.0 Å². The molecule has 0 saturated heterocycles. The van der Waals surface area contributed by atoms with Crippen molar-refractivity contribution in [2.45, 2.75) is 0 Å². The average molecular weight is 1820 g/mol. The van der Waals surface area contributed by atoms with Gasteiger partial charge in [0.15, 0.2) is 34.9 Å². The van der Waals surface area contributed by atoms with Crippen molar-refractivity contribution in [2.75, 3.05) is 0 Å². The minimum Gasteiger partial charge on any atom is -0.456 e. The van der Waals surface area contributed by atoms with Crippen molar-refractivity contribution in [1.29, 1.82) is 0 Å². The first-order valence-corrected chi connectivity index (χ1v) is 47.9. The van der Waals surface area contributed by atoms with Gasteiger partial charge in [-0.3, -0.25) is 13.7 Å². The van der Waals surface area contributed by atoms with Crippen LogP contribution >= 0.6 is 11.3 Å². The second-order valence-corrected chi connectivity index (χ2v) is 36.8. The van der Waals surface area contributed by atoms with E-state index in [0.717, 1.165) is 143 Å². The Labute approximate surface area is 806 Å². The minimum absolute atomic E-state index is 0.561. The largest absolute Gasteiger partial charge is 0.456 e. The maximum absolute atomic E-state index is 6.53. The number of aromatic nitrogens is 13. The number of furan rings is 2. The van der Waals surface area contributed by atoms with Crippen molar-refractivity contribution in [2.24, 2.45) is 0 Å². The van der Waals surface area contributed by atoms with Gasteiger partial charge in [-0.15, -0.1) is 11.3 Å². The van der Waals surface area contributed by atoms with E-state index in [4.69, 9.17) is 53.7 Å². The van der Waals surface area contributed by atoms with E-state index in [-0.39, 0.29) is 0 Å². The summed E-state index contributed by atoms with van der Waals surface area (Å²) in [4.78, 5) is 46.1. The van der Waals surface area contributed by atoms with E-state index in [1.807, 2.05) is 169 Å². The number of nitrogens with zero attached hydrogens (tertiary/aromatic N) is 13. The normalized spacial score (nSPS) is 12.0. The van der Waals surface area contributed by atoms with Crippen molar-refractivity contribution in [1.82, 2.24) is 63.0 Å². The highest BCUT2D eigenvalue weighted by atomic mass is 32.1. The lowest BCUT2D eigenvalue weighted by atomic mass is 10.0. The first kappa shape index (κ1) is 79.4. The fourth-order valence-electron chi connectivity index (χ4n) is 21.5. The molecule has 0 atom stereocenters. The van der Waals surface area contributed by atoms with E-state index in [2.05, 4.69) is 303 Å². The number of rotatable bonds is 10. The van der Waals surface area contributed by atoms with Gasteiger partial charge < -0.3 is 13.2 Å². The number of hydrogen-bond donors (Lipinski definition) is 0. The second-order valence-electron chi connectivity index (χ2n) is 35.8. The smallest absolute Gasteiger partial charge is 0.238 e. The summed E-state index contributed by atoms with van der Waals surface area (Å²) in [6.07, 6.45) is 0. The Morgan fingerprint density at radius 1 is 0.170 bits per heavy atom. The molecule has 15 nitrogen and oxygen atoms in total. The van der Waals surface area contributed by atoms with Crippen molar-refractivity contribution < 1.29 is 8.83 Å². The van der Waals surface area contributed by atoms with Gasteiger partial charge in [0.2, 0.25) is 17.8 Å². The second kappa shape index (κ2) is 31.8. The van der Waals surface area contributed by atoms with Crippen LogP contribution < -0.4 is 0 Å². The zero-order valence-corrected chi connectivity index (χ0v) is 76.0. The predicted molar refractivity (Wildman–Crippen MR) is 578 cm³/mol. The Bertz CT molecular complexity index is 10400. The van der Waals surface area contributed by atoms with Crippen LogP contribution in [0.25, 0.3) is 286 Å². The summed E-state index contributed by atoms with van der Waals surface area (Å²) in [6.45, 7) is 0. The molecule has 656 valence electrons. The lowest BCUT2D eigenvalue weighted by Crippen LogP contribution is -2.06. The third kappa shape index (κ3) is 12.7. The highest BCUT2D eigenvalue weighted by Crippen LogP contribution is 2.50. The molecule has 141 heavy (non-hydrogen) atoms. The monoisotopic (exact) mass is 1820 g/mol. The molecule has 0 aliphatic rings. The third-order valence-electron chi connectivity index (χ3n) is 27.8. The van der Waals surface area contributed by atoms with Crippen LogP contribution in [0.4, 0.5) is 0 Å². The number of benzene rings is 20. The van der Waals surface area contributed by atoms with Gasteiger partial charge in [-0.2, -0.15) is 29.9 Å². The Balaban J connectivity index is 0.000000101. The van der Waals surface area contributed by atoms with Crippen LogP contribution in [0, 0.1) is 0 Å². The van der Waals surface area contributed by atoms with Gasteiger partial charge in [-0.25, -0.2) is 15.0 Å². The number of hydrogen-bond acceptors (Lipinski definition) is 12. The lowest BCUT2D eigenvalue weighted by Gasteiger charge is -2.12. The molecule has 0 aliphatic heterocycles. The van der Waals surface area contributed by atoms with Gasteiger partial charge in [0.1, 0.15) is 22.3 Å². The van der Waals surface area contributed by atoms with E-state index in [0.29, 0.717) is 52.8 Å². The Kier molecular flexibility index (Phi) is 17.9. The molecule has 20 aromatic carbocycles. The summed E-state index contributed by atoms with van der Waals surface area (Å²) in [7, 11) is 0. The average Bonchev–Trinajstić information content (AvgIpc) is 1.53. The first-order valence-electron chi connectivity index (χ1n) is 47.1. The fourth-order valence-corrected chi connectivity index (χ4v) is 22.6. The zero-order chi connectivity index (χ0) is 92.4. The summed E-state index contributed by atoms with van der Waals surface area (Å²) in [5.74, 6) is 5.47. The van der Waals surface area contributed by atoms with Crippen LogP contribution in [0.2, 0.25) is 0 Å². The van der Waals surface area contributed by atoms with Gasteiger partial charge in [-0.1, -0.05) is 352 Å². The molecule has 0 spiro atoms. The van der Waals surface area contributed by atoms with E-state index < -0.39 is 0 Å². The summed E-state index contributed by atoms with van der Waals surface area (Å²) < 4.78 is 24.5. The van der Waals surface area contributed by atoms with Gasteiger partial charge in [0.25, 0.3) is 0 Å². The Hall–Kier alpha value is -19.0. The van der Waals surface area contributed by atoms with Gasteiger partial charge in [0.05, 0.1) is 49.7 Å². The summed E-state index contributed by atoms with van der Waals surface area (Å²) in [6, 6.07) is 154. The molecule has 0 bridgehead atoms. The number of fused-ring (bicyclic) bond motifs is 26. The molecule has 11 aromatic heterocycles. The third-order valence-corrected chi connectivity index (χ3v) is 28.9. The molecule has 0 unspecified atom stereocenters. The number of thiophene rings is 1. The minimum atomic E-state index is 0.561. The molecule has 11 heterocycles. The van der Waals surface area contributed by atoms with Crippen LogP contribution in [0.15, 0.2) is 452 Å². The van der Waals surface area contributed by atoms with E-state index >= 15 is 0 Å². The molecule has 0 saturated carbocycles. The van der Waals surface area contributed by atoms with Crippen molar-refractivity contribution in [3.63, 3.8) is 0 Å². The van der Waals surface area contributed by atoms with E-state index in [1.54, 1.807) is 0 Å². The maximum atomic E-state index is 6.53. The highest BCUT2D eigenvalue weighted by Gasteiger charge is 2.30. The molecule has 31 aromatic rings. The first-order chi connectivity index (χ1) is 69.9. The van der Waals surface area contributed by atoms with Gasteiger partial charge in [0, 0.05) is 129 Å². The molecular formula is C125H73N13O2S. The van der Waals surface area contributed by atoms with Crippen LogP contribution in [-0.2, 0) is 0 Å². The van der Waals surface area contributed by atoms with Gasteiger partial charge >= 0.3 is 0 Å². The SMILES string of the molecule is c1ccc(-c2ccc3c4c5c(ccc4n(-c4nc(-c6ccccc6)nc(-c6ccccc6)n4)c3c2)oc2cc3ccccc3cc25)cc1.c1ccc(-c2nc(-c3ccc4c(c3)oc3ccccc34)nc(-n3c4ccc5sc6ccccc6c5c4c4ccc5ccccc5c43)n2)cc1.c1ccc(-c2nc(-c3ccccc3)nc(-n3c4cccc5c6ccccc6n6c7ccccc7c7ccc3c(c54)c76)n2)cc1.